The van der Waals surface area contributed by atoms with Gasteiger partial charge in [0.25, 0.3) is 5.91 Å². The fourth-order valence-corrected chi connectivity index (χ4v) is 3.60. The monoisotopic (exact) mass is 411 g/mol. The molecule has 0 radical (unpaired) electrons. The molecule has 0 spiro atoms. The molecule has 7 nitrogen and oxygen atoms in total. The largest absolute Gasteiger partial charge is 0.471 e. The van der Waals surface area contributed by atoms with Crippen LogP contribution in [0.5, 0.6) is 5.88 Å². The van der Waals surface area contributed by atoms with Crippen molar-refractivity contribution in [3.63, 3.8) is 0 Å². The average Bonchev–Trinajstić information content (AvgIpc) is 3.46. The zero-order valence-corrected chi connectivity index (χ0v) is 16.9. The Balaban J connectivity index is 1.78. The zero-order valence-electron chi connectivity index (χ0n) is 16.1. The van der Waals surface area contributed by atoms with Crippen LogP contribution in [0.1, 0.15) is 67.5 Å². The number of rotatable bonds is 7. The third kappa shape index (κ3) is 5.73. The standard InChI is InChI=1S/C19H26FN3O4S/c1-12(9-10-28(2,25)26)22-18(24)14-11-21-17(13-7-8-13)23-19(14)27-16-6-4-3-5-15(16)20/h9-13,15-16H,3-8H2,1-2H3,(H,22,24)/b10-9+/t12?,15-,16-/m1/s1. The molecule has 0 saturated heterocycles. The minimum Gasteiger partial charge on any atom is -0.471 e. The molecule has 2 fully saturated rings. The molecule has 0 aromatic carbocycles. The molecule has 0 aliphatic heterocycles. The summed E-state index contributed by atoms with van der Waals surface area (Å²) >= 11 is 0. The Morgan fingerprint density at radius 2 is 2.04 bits per heavy atom. The minimum atomic E-state index is -3.28. The van der Waals surface area contributed by atoms with Gasteiger partial charge in [-0.1, -0.05) is 12.5 Å². The van der Waals surface area contributed by atoms with Gasteiger partial charge in [0.05, 0.1) is 0 Å². The summed E-state index contributed by atoms with van der Waals surface area (Å²) in [7, 11) is -3.28. The molecule has 9 heteroatoms. The number of aromatic nitrogens is 2. The van der Waals surface area contributed by atoms with Gasteiger partial charge in [0, 0.05) is 29.8 Å². The second kappa shape index (κ2) is 8.55. The van der Waals surface area contributed by atoms with Crippen molar-refractivity contribution in [2.75, 3.05) is 6.26 Å². The number of carbonyl (C=O) groups is 1. The smallest absolute Gasteiger partial charge is 0.258 e. The van der Waals surface area contributed by atoms with E-state index >= 15 is 0 Å². The first-order valence-corrected chi connectivity index (χ1v) is 11.5. The Morgan fingerprint density at radius 3 is 2.68 bits per heavy atom. The first kappa shape index (κ1) is 20.7. The van der Waals surface area contributed by atoms with Gasteiger partial charge in [-0.05, 0) is 39.0 Å². The summed E-state index contributed by atoms with van der Waals surface area (Å²) in [5.41, 5.74) is 0.127. The zero-order chi connectivity index (χ0) is 20.3. The number of nitrogens with zero attached hydrogens (tertiary/aromatic N) is 2. The van der Waals surface area contributed by atoms with Crippen molar-refractivity contribution in [2.45, 2.75) is 69.7 Å². The molecule has 2 aliphatic rings. The molecule has 3 rings (SSSR count). The first-order valence-electron chi connectivity index (χ1n) is 9.59. The lowest BCUT2D eigenvalue weighted by molar-refractivity contribution is 0.0582. The lowest BCUT2D eigenvalue weighted by atomic mass is 9.96. The van der Waals surface area contributed by atoms with Gasteiger partial charge in [-0.25, -0.2) is 17.8 Å². The van der Waals surface area contributed by atoms with Gasteiger partial charge in [0.15, 0.2) is 9.84 Å². The maximum atomic E-state index is 14.2. The molecule has 2 saturated carbocycles. The number of hydrogen-bond donors (Lipinski definition) is 1. The van der Waals surface area contributed by atoms with Gasteiger partial charge in [0.1, 0.15) is 23.7 Å². The number of carbonyl (C=O) groups excluding carboxylic acids is 1. The third-order valence-electron chi connectivity index (χ3n) is 4.82. The molecule has 2 aliphatic carbocycles. The fourth-order valence-electron chi connectivity index (χ4n) is 3.08. The number of halogens is 1. The predicted octanol–water partition coefficient (Wildman–Crippen LogP) is 2.69. The second-order valence-electron chi connectivity index (χ2n) is 7.60. The van der Waals surface area contributed by atoms with E-state index < -0.39 is 34.1 Å². The van der Waals surface area contributed by atoms with Crippen molar-refractivity contribution >= 4 is 15.7 Å². The molecule has 1 heterocycles. The predicted molar refractivity (Wildman–Crippen MR) is 103 cm³/mol. The van der Waals surface area contributed by atoms with Gasteiger partial charge in [-0.2, -0.15) is 4.98 Å². The molecule has 1 amide bonds. The maximum Gasteiger partial charge on any atom is 0.258 e. The summed E-state index contributed by atoms with van der Waals surface area (Å²) in [4.78, 5) is 21.3. The number of ether oxygens (including phenoxy) is 1. The SMILES string of the molecule is CC(/C=C/S(C)(=O)=O)NC(=O)c1cnc(C2CC2)nc1O[C@@H]1CCCC[C@H]1F. The molecule has 154 valence electrons. The van der Waals surface area contributed by atoms with Crippen molar-refractivity contribution in [2.24, 2.45) is 0 Å². The van der Waals surface area contributed by atoms with E-state index in [0.29, 0.717) is 18.7 Å². The summed E-state index contributed by atoms with van der Waals surface area (Å²) in [6.45, 7) is 1.65. The summed E-state index contributed by atoms with van der Waals surface area (Å²) in [5, 5.41) is 3.72. The maximum absolute atomic E-state index is 14.2. The highest BCUT2D eigenvalue weighted by Gasteiger charge is 2.31. The molecular formula is C19H26FN3O4S. The van der Waals surface area contributed by atoms with Crippen molar-refractivity contribution in [3.05, 3.63) is 29.1 Å². The van der Waals surface area contributed by atoms with Crippen LogP contribution in [-0.4, -0.2) is 48.9 Å². The fraction of sp³-hybridized carbons (Fsp3) is 0.632. The van der Waals surface area contributed by atoms with Gasteiger partial charge >= 0.3 is 0 Å². The van der Waals surface area contributed by atoms with Crippen LogP contribution in [0, 0.1) is 0 Å². The highest BCUT2D eigenvalue weighted by molar-refractivity contribution is 7.93. The van der Waals surface area contributed by atoms with Crippen LogP contribution < -0.4 is 10.1 Å². The van der Waals surface area contributed by atoms with E-state index in [1.54, 1.807) is 6.92 Å². The molecule has 1 aromatic rings. The van der Waals surface area contributed by atoms with Gasteiger partial charge < -0.3 is 10.1 Å². The van der Waals surface area contributed by atoms with E-state index in [1.807, 2.05) is 0 Å². The van der Waals surface area contributed by atoms with Crippen LogP contribution in [0.4, 0.5) is 4.39 Å². The van der Waals surface area contributed by atoms with E-state index in [2.05, 4.69) is 15.3 Å². The number of nitrogens with one attached hydrogen (secondary N) is 1. The lowest BCUT2D eigenvalue weighted by Crippen LogP contribution is -2.35. The van der Waals surface area contributed by atoms with Crippen LogP contribution in [-0.2, 0) is 9.84 Å². The molecular weight excluding hydrogens is 385 g/mol. The van der Waals surface area contributed by atoms with Crippen molar-refractivity contribution in [3.8, 4) is 5.88 Å². The van der Waals surface area contributed by atoms with Crippen LogP contribution in [0.3, 0.4) is 0 Å². The van der Waals surface area contributed by atoms with E-state index in [0.717, 1.165) is 37.3 Å². The Bertz CT molecular complexity index is 855. The van der Waals surface area contributed by atoms with E-state index in [9.17, 15) is 17.6 Å². The normalized spacial score (nSPS) is 24.1. The Labute approximate surface area is 164 Å². The molecule has 1 aromatic heterocycles. The van der Waals surface area contributed by atoms with Crippen LogP contribution in [0.2, 0.25) is 0 Å². The Morgan fingerprint density at radius 1 is 1.32 bits per heavy atom. The molecule has 0 bridgehead atoms. The average molecular weight is 411 g/mol. The molecule has 1 N–H and O–H groups in total. The summed E-state index contributed by atoms with van der Waals surface area (Å²) < 4.78 is 42.5. The third-order valence-corrected chi connectivity index (χ3v) is 5.47. The van der Waals surface area contributed by atoms with E-state index in [-0.39, 0.29) is 17.4 Å². The number of hydrogen-bond acceptors (Lipinski definition) is 6. The van der Waals surface area contributed by atoms with E-state index in [4.69, 9.17) is 4.74 Å². The lowest BCUT2D eigenvalue weighted by Gasteiger charge is -2.27. The first-order chi connectivity index (χ1) is 13.2. The van der Waals surface area contributed by atoms with Crippen molar-refractivity contribution < 1.29 is 22.3 Å². The van der Waals surface area contributed by atoms with Crippen molar-refractivity contribution in [1.82, 2.24) is 15.3 Å². The quantitative estimate of drug-likeness (QED) is 0.741. The topological polar surface area (TPSA) is 98.2 Å². The Kier molecular flexibility index (Phi) is 6.32. The highest BCUT2D eigenvalue weighted by Crippen LogP contribution is 2.39. The van der Waals surface area contributed by atoms with Crippen molar-refractivity contribution in [1.29, 1.82) is 0 Å². The van der Waals surface area contributed by atoms with Crippen LogP contribution in [0.15, 0.2) is 17.7 Å². The number of sulfone groups is 1. The minimum absolute atomic E-state index is 0.100. The van der Waals surface area contributed by atoms with Gasteiger partial charge in [0.2, 0.25) is 5.88 Å². The summed E-state index contributed by atoms with van der Waals surface area (Å²) in [6, 6.07) is -0.526. The highest BCUT2D eigenvalue weighted by atomic mass is 32.2. The molecule has 1 unspecified atom stereocenters. The van der Waals surface area contributed by atoms with Gasteiger partial charge in [-0.3, -0.25) is 4.79 Å². The van der Waals surface area contributed by atoms with Crippen LogP contribution >= 0.6 is 0 Å². The summed E-state index contributed by atoms with van der Waals surface area (Å²) in [5.74, 6) is 0.490. The Hall–Kier alpha value is -2.03. The molecule has 3 atom stereocenters. The summed E-state index contributed by atoms with van der Waals surface area (Å²) in [6.07, 6.45) is 6.88. The van der Waals surface area contributed by atoms with E-state index in [1.165, 1.54) is 12.3 Å². The molecule has 28 heavy (non-hydrogen) atoms. The van der Waals surface area contributed by atoms with Gasteiger partial charge in [-0.15, -0.1) is 0 Å². The second-order valence-corrected chi connectivity index (χ2v) is 9.53. The number of alkyl halides is 1. The van der Waals surface area contributed by atoms with Crippen LogP contribution in [0.25, 0.3) is 0 Å². The number of amides is 1.